The molecule has 1 amide bonds. The molecule has 0 spiro atoms. The van der Waals surface area contributed by atoms with Crippen LogP contribution in [0.1, 0.15) is 40.5 Å². The van der Waals surface area contributed by atoms with Gasteiger partial charge in [-0.15, -0.1) is 0 Å². The van der Waals surface area contributed by atoms with Gasteiger partial charge in [-0.05, 0) is 51.0 Å². The summed E-state index contributed by atoms with van der Waals surface area (Å²) in [6.45, 7) is 12.5. The first-order valence-corrected chi connectivity index (χ1v) is 15.1. The van der Waals surface area contributed by atoms with E-state index in [1.807, 2.05) is 19.9 Å². The van der Waals surface area contributed by atoms with Crippen molar-refractivity contribution in [2.75, 3.05) is 6.54 Å². The number of ether oxygens (including phenoxy) is 1. The van der Waals surface area contributed by atoms with E-state index in [-0.39, 0.29) is 18.1 Å². The predicted molar refractivity (Wildman–Crippen MR) is 133 cm³/mol. The molecule has 3 rings (SSSR count). The first kappa shape index (κ1) is 25.8. The summed E-state index contributed by atoms with van der Waals surface area (Å²) in [5.41, 5.74) is 8.09. The van der Waals surface area contributed by atoms with Gasteiger partial charge in [0.1, 0.15) is 18.2 Å². The van der Waals surface area contributed by atoms with E-state index >= 15 is 0 Å². The van der Waals surface area contributed by atoms with Gasteiger partial charge in [-0.3, -0.25) is 4.79 Å². The molecule has 0 fully saturated rings. The predicted octanol–water partition coefficient (Wildman–Crippen LogP) is 4.98. The number of rotatable bonds is 9. The molecule has 2 heterocycles. The zero-order valence-corrected chi connectivity index (χ0v) is 21.8. The van der Waals surface area contributed by atoms with Gasteiger partial charge < -0.3 is 15.8 Å². The number of nitrogens with zero attached hydrogens (tertiary/aromatic N) is 2. The van der Waals surface area contributed by atoms with Crippen molar-refractivity contribution in [1.29, 1.82) is 0 Å². The van der Waals surface area contributed by atoms with Crippen molar-refractivity contribution >= 4 is 19.5 Å². The standard InChI is InChI=1S/C25H34F2N4O2Si/c1-16-12-21-23(24(32)29-15-25(3,28)10-11-34(4,5)6)17(2)30-31(21)22(13-16)33-14-18-19(26)8-7-9-20(18)27/h7-9,12-13H,10-11,14-15,28H2,1-6H3,(H,29,32). The molecule has 0 radical (unpaired) electrons. The highest BCUT2D eigenvalue weighted by molar-refractivity contribution is 6.76. The van der Waals surface area contributed by atoms with Crippen molar-refractivity contribution in [2.24, 2.45) is 5.73 Å². The fourth-order valence-corrected chi connectivity index (χ4v) is 5.00. The maximum atomic E-state index is 14.0. The Labute approximate surface area is 200 Å². The Morgan fingerprint density at radius 1 is 1.21 bits per heavy atom. The minimum Gasteiger partial charge on any atom is -0.473 e. The van der Waals surface area contributed by atoms with Crippen LogP contribution < -0.4 is 15.8 Å². The Balaban J connectivity index is 1.82. The fraction of sp³-hybridized carbons (Fsp3) is 0.440. The Morgan fingerprint density at radius 3 is 2.47 bits per heavy atom. The van der Waals surface area contributed by atoms with Crippen molar-refractivity contribution in [1.82, 2.24) is 14.9 Å². The largest absolute Gasteiger partial charge is 0.473 e. The van der Waals surface area contributed by atoms with E-state index in [1.54, 1.807) is 13.0 Å². The Kier molecular flexibility index (Phi) is 7.47. The van der Waals surface area contributed by atoms with Crippen LogP contribution in [0.5, 0.6) is 5.88 Å². The van der Waals surface area contributed by atoms with E-state index in [9.17, 15) is 13.6 Å². The molecule has 1 unspecified atom stereocenters. The summed E-state index contributed by atoms with van der Waals surface area (Å²) in [7, 11) is -1.24. The molecular formula is C25H34F2N4O2Si. The van der Waals surface area contributed by atoms with Gasteiger partial charge in [0.15, 0.2) is 0 Å². The number of fused-ring (bicyclic) bond motifs is 1. The Bertz CT molecular complexity index is 1180. The number of aromatic nitrogens is 2. The molecule has 34 heavy (non-hydrogen) atoms. The van der Waals surface area contributed by atoms with E-state index in [4.69, 9.17) is 10.5 Å². The van der Waals surface area contributed by atoms with Crippen LogP contribution in [0.4, 0.5) is 8.78 Å². The molecule has 184 valence electrons. The van der Waals surface area contributed by atoms with Crippen LogP contribution in [-0.2, 0) is 6.61 Å². The number of carbonyl (C=O) groups is 1. The molecule has 0 bridgehead atoms. The number of hydrogen-bond acceptors (Lipinski definition) is 4. The zero-order valence-electron chi connectivity index (χ0n) is 20.8. The van der Waals surface area contributed by atoms with Gasteiger partial charge in [-0.2, -0.15) is 9.61 Å². The third-order valence-electron chi connectivity index (χ3n) is 5.77. The lowest BCUT2D eigenvalue weighted by Gasteiger charge is -2.28. The summed E-state index contributed by atoms with van der Waals surface area (Å²) in [6, 6.07) is 8.30. The monoisotopic (exact) mass is 488 g/mol. The number of carbonyl (C=O) groups excluding carboxylic acids is 1. The highest BCUT2D eigenvalue weighted by atomic mass is 28.3. The molecule has 0 saturated heterocycles. The van der Waals surface area contributed by atoms with Gasteiger partial charge in [0, 0.05) is 26.2 Å². The molecule has 0 aliphatic rings. The molecule has 1 aromatic carbocycles. The van der Waals surface area contributed by atoms with Gasteiger partial charge in [-0.25, -0.2) is 8.78 Å². The van der Waals surface area contributed by atoms with Crippen molar-refractivity contribution < 1.29 is 18.3 Å². The summed E-state index contributed by atoms with van der Waals surface area (Å²) in [6.07, 6.45) is 0.834. The summed E-state index contributed by atoms with van der Waals surface area (Å²) < 4.78 is 35.3. The number of nitrogens with two attached hydrogens (primary N) is 1. The molecule has 3 N–H and O–H groups in total. The van der Waals surface area contributed by atoms with Gasteiger partial charge in [0.2, 0.25) is 5.88 Å². The molecule has 0 saturated carbocycles. The van der Waals surface area contributed by atoms with E-state index in [0.29, 0.717) is 29.2 Å². The molecule has 0 aliphatic heterocycles. The topological polar surface area (TPSA) is 81.7 Å². The smallest absolute Gasteiger partial charge is 0.255 e. The molecule has 6 nitrogen and oxygen atoms in total. The van der Waals surface area contributed by atoms with Gasteiger partial charge in [0.05, 0.1) is 22.3 Å². The fourth-order valence-electron chi connectivity index (χ4n) is 3.68. The van der Waals surface area contributed by atoms with Crippen molar-refractivity contribution in [3.8, 4) is 5.88 Å². The van der Waals surface area contributed by atoms with Gasteiger partial charge >= 0.3 is 0 Å². The second-order valence-corrected chi connectivity index (χ2v) is 16.1. The van der Waals surface area contributed by atoms with Gasteiger partial charge in [-0.1, -0.05) is 31.8 Å². The minimum atomic E-state index is -1.24. The highest BCUT2D eigenvalue weighted by Crippen LogP contribution is 2.25. The lowest BCUT2D eigenvalue weighted by molar-refractivity contribution is 0.0945. The number of aryl methyl sites for hydroxylation is 2. The first-order valence-electron chi connectivity index (χ1n) is 11.4. The van der Waals surface area contributed by atoms with Crippen molar-refractivity contribution in [2.45, 2.75) is 65.0 Å². The highest BCUT2D eigenvalue weighted by Gasteiger charge is 2.26. The summed E-state index contributed by atoms with van der Waals surface area (Å²) in [4.78, 5) is 13.1. The van der Waals surface area contributed by atoms with E-state index < -0.39 is 25.2 Å². The number of benzene rings is 1. The number of pyridine rings is 1. The average Bonchev–Trinajstić information content (AvgIpc) is 3.05. The van der Waals surface area contributed by atoms with E-state index in [2.05, 4.69) is 30.1 Å². The molecular weight excluding hydrogens is 454 g/mol. The van der Waals surface area contributed by atoms with Crippen LogP contribution in [0.15, 0.2) is 30.3 Å². The number of halogens is 2. The third-order valence-corrected chi connectivity index (χ3v) is 7.52. The van der Waals surface area contributed by atoms with Crippen LogP contribution in [0.3, 0.4) is 0 Å². The van der Waals surface area contributed by atoms with Crippen molar-refractivity contribution in [3.05, 3.63) is 64.4 Å². The summed E-state index contributed by atoms with van der Waals surface area (Å²) >= 11 is 0. The quantitative estimate of drug-likeness (QED) is 0.416. The van der Waals surface area contributed by atoms with E-state index in [0.717, 1.165) is 18.0 Å². The maximum Gasteiger partial charge on any atom is 0.255 e. The summed E-state index contributed by atoms with van der Waals surface area (Å²) in [5.74, 6) is -1.34. The van der Waals surface area contributed by atoms with Crippen LogP contribution in [0.2, 0.25) is 25.7 Å². The van der Waals surface area contributed by atoms with Crippen LogP contribution in [-0.4, -0.2) is 35.7 Å². The minimum absolute atomic E-state index is 0.167. The summed E-state index contributed by atoms with van der Waals surface area (Å²) in [5, 5.41) is 7.43. The molecule has 3 aromatic rings. The Morgan fingerprint density at radius 2 is 1.85 bits per heavy atom. The lowest BCUT2D eigenvalue weighted by atomic mass is 10.0. The molecule has 1 atom stereocenters. The second-order valence-electron chi connectivity index (χ2n) is 10.5. The van der Waals surface area contributed by atoms with Crippen LogP contribution >= 0.6 is 0 Å². The lowest BCUT2D eigenvalue weighted by Crippen LogP contribution is -2.48. The van der Waals surface area contributed by atoms with Crippen LogP contribution in [0.25, 0.3) is 5.52 Å². The average molecular weight is 489 g/mol. The first-order chi connectivity index (χ1) is 15.8. The molecule has 9 heteroatoms. The molecule has 2 aromatic heterocycles. The zero-order chi connectivity index (χ0) is 25.3. The molecule has 0 aliphatic carbocycles. The normalized spacial score (nSPS) is 13.7. The van der Waals surface area contributed by atoms with Gasteiger partial charge in [0.25, 0.3) is 5.91 Å². The number of hydrogen-bond donors (Lipinski definition) is 2. The third kappa shape index (κ3) is 6.21. The van der Waals surface area contributed by atoms with Crippen LogP contribution in [0, 0.1) is 25.5 Å². The Hall–Kier alpha value is -2.78. The van der Waals surface area contributed by atoms with E-state index in [1.165, 1.54) is 22.7 Å². The second kappa shape index (κ2) is 9.83. The number of nitrogens with one attached hydrogen (secondary N) is 1. The number of amides is 1. The van der Waals surface area contributed by atoms with Crippen molar-refractivity contribution in [3.63, 3.8) is 0 Å². The SMILES string of the molecule is Cc1cc(OCc2c(F)cccc2F)n2nc(C)c(C(=O)NCC(C)(N)CC[Si](C)(C)C)c2c1. The maximum absolute atomic E-state index is 14.0.